The zero-order valence-electron chi connectivity index (χ0n) is 13.4. The molecule has 1 aromatic carbocycles. The van der Waals surface area contributed by atoms with Gasteiger partial charge in [0.15, 0.2) is 0 Å². The molecule has 3 heterocycles. The molecule has 0 unspecified atom stereocenters. The fraction of sp³-hybridized carbons (Fsp3) is 0.294. The minimum atomic E-state index is 0.106. The molecule has 0 spiro atoms. The zero-order chi connectivity index (χ0) is 16.5. The number of nitrogens with zero attached hydrogens (tertiary/aromatic N) is 3. The van der Waals surface area contributed by atoms with E-state index < -0.39 is 0 Å². The molecule has 3 N–H and O–H groups in total. The summed E-state index contributed by atoms with van der Waals surface area (Å²) in [5.74, 6) is 0. The van der Waals surface area contributed by atoms with E-state index in [4.69, 9.17) is 10.2 Å². The molecule has 1 aliphatic rings. The van der Waals surface area contributed by atoms with Crippen molar-refractivity contribution in [2.75, 3.05) is 32.1 Å². The number of rotatable bonds is 6. The third-order valence-electron chi connectivity index (χ3n) is 4.12. The largest absolute Gasteiger partial charge is 0.395 e. The van der Waals surface area contributed by atoms with Crippen LogP contribution in [0, 0.1) is 0 Å². The van der Waals surface area contributed by atoms with E-state index in [1.54, 1.807) is 11.8 Å². The molecule has 24 heavy (non-hydrogen) atoms. The predicted molar refractivity (Wildman–Crippen MR) is 96.6 cm³/mol. The third kappa shape index (κ3) is 2.45. The molecule has 0 atom stereocenters. The van der Waals surface area contributed by atoms with Crippen molar-refractivity contribution in [3.05, 3.63) is 30.6 Å². The molecule has 124 valence electrons. The molecule has 0 saturated heterocycles. The van der Waals surface area contributed by atoms with Crippen LogP contribution in [0.5, 0.6) is 0 Å². The first-order valence-electron chi connectivity index (χ1n) is 7.98. The molecule has 7 heteroatoms. The second-order valence-corrected chi connectivity index (χ2v) is 6.69. The fourth-order valence-corrected chi connectivity index (χ4v) is 4.18. The van der Waals surface area contributed by atoms with Gasteiger partial charge in [0.1, 0.15) is 5.69 Å². The molecule has 6 nitrogen and oxygen atoms in total. The van der Waals surface area contributed by atoms with E-state index in [1.807, 2.05) is 25.5 Å². The van der Waals surface area contributed by atoms with Crippen molar-refractivity contribution in [1.82, 2.24) is 20.1 Å². The SMILES string of the molecule is CNCCn1nc2c3c(c(NCCO)ccc31)Sc1cnccc1-2. The van der Waals surface area contributed by atoms with Crippen LogP contribution in [0.3, 0.4) is 0 Å². The Morgan fingerprint density at radius 2 is 2.17 bits per heavy atom. The lowest BCUT2D eigenvalue weighted by atomic mass is 10.1. The van der Waals surface area contributed by atoms with Crippen LogP contribution in [0.2, 0.25) is 0 Å². The topological polar surface area (TPSA) is 75.0 Å². The summed E-state index contributed by atoms with van der Waals surface area (Å²) in [6, 6.07) is 6.21. The molecule has 0 fully saturated rings. The van der Waals surface area contributed by atoms with Crippen molar-refractivity contribution in [2.45, 2.75) is 16.3 Å². The summed E-state index contributed by atoms with van der Waals surface area (Å²) in [4.78, 5) is 6.53. The molecule has 0 radical (unpaired) electrons. The number of aliphatic hydroxyl groups excluding tert-OH is 1. The van der Waals surface area contributed by atoms with Gasteiger partial charge in [0.2, 0.25) is 0 Å². The number of likely N-dealkylation sites (N-methyl/N-ethyl adjacent to an activating group) is 1. The number of aliphatic hydroxyl groups is 1. The van der Waals surface area contributed by atoms with E-state index in [9.17, 15) is 0 Å². The monoisotopic (exact) mass is 341 g/mol. The highest BCUT2D eigenvalue weighted by atomic mass is 32.2. The first-order valence-corrected chi connectivity index (χ1v) is 8.80. The number of pyridine rings is 1. The first-order chi connectivity index (χ1) is 11.8. The van der Waals surface area contributed by atoms with E-state index in [2.05, 4.69) is 32.4 Å². The van der Waals surface area contributed by atoms with E-state index in [-0.39, 0.29) is 6.61 Å². The normalized spacial score (nSPS) is 12.4. The Hall–Kier alpha value is -2.09. The van der Waals surface area contributed by atoms with E-state index in [0.29, 0.717) is 6.54 Å². The number of nitrogens with one attached hydrogen (secondary N) is 2. The van der Waals surface area contributed by atoms with Crippen molar-refractivity contribution < 1.29 is 5.11 Å². The molecule has 0 bridgehead atoms. The lowest BCUT2D eigenvalue weighted by Gasteiger charge is -2.18. The van der Waals surface area contributed by atoms with Gasteiger partial charge in [0.25, 0.3) is 0 Å². The summed E-state index contributed by atoms with van der Waals surface area (Å²) < 4.78 is 2.07. The van der Waals surface area contributed by atoms with E-state index in [1.165, 1.54) is 5.39 Å². The Morgan fingerprint density at radius 1 is 1.25 bits per heavy atom. The lowest BCUT2D eigenvalue weighted by Crippen LogP contribution is -2.15. The Morgan fingerprint density at radius 3 is 3.00 bits per heavy atom. The molecule has 0 amide bonds. The van der Waals surface area contributed by atoms with Crippen LogP contribution in [0.15, 0.2) is 40.4 Å². The second-order valence-electron chi connectivity index (χ2n) is 5.64. The maximum atomic E-state index is 9.13. The van der Waals surface area contributed by atoms with Crippen molar-refractivity contribution in [1.29, 1.82) is 0 Å². The lowest BCUT2D eigenvalue weighted by molar-refractivity contribution is 0.311. The van der Waals surface area contributed by atoms with Crippen LogP contribution >= 0.6 is 11.8 Å². The summed E-state index contributed by atoms with van der Waals surface area (Å²) >= 11 is 1.71. The van der Waals surface area contributed by atoms with E-state index >= 15 is 0 Å². The quantitative estimate of drug-likeness (QED) is 0.499. The zero-order valence-corrected chi connectivity index (χ0v) is 14.2. The van der Waals surface area contributed by atoms with Gasteiger partial charge in [-0.2, -0.15) is 5.10 Å². The smallest absolute Gasteiger partial charge is 0.103 e. The number of benzene rings is 1. The summed E-state index contributed by atoms with van der Waals surface area (Å²) in [7, 11) is 1.95. The maximum absolute atomic E-state index is 9.13. The minimum Gasteiger partial charge on any atom is -0.395 e. The average molecular weight is 341 g/mol. The van der Waals surface area contributed by atoms with Gasteiger partial charge in [-0.15, -0.1) is 0 Å². The Kier molecular flexibility index (Phi) is 4.13. The van der Waals surface area contributed by atoms with Crippen LogP contribution in [-0.2, 0) is 6.54 Å². The van der Waals surface area contributed by atoms with Crippen LogP contribution < -0.4 is 10.6 Å². The Balaban J connectivity index is 1.93. The minimum absolute atomic E-state index is 0.106. The van der Waals surface area contributed by atoms with E-state index in [0.717, 1.165) is 45.3 Å². The van der Waals surface area contributed by atoms with Gasteiger partial charge < -0.3 is 15.7 Å². The fourth-order valence-electron chi connectivity index (χ4n) is 3.02. The van der Waals surface area contributed by atoms with Gasteiger partial charge >= 0.3 is 0 Å². The number of aromatic nitrogens is 3. The highest BCUT2D eigenvalue weighted by Crippen LogP contribution is 2.49. The number of anilines is 1. The molecule has 0 aliphatic carbocycles. The summed E-state index contributed by atoms with van der Waals surface area (Å²) in [5, 5.41) is 21.7. The molecular weight excluding hydrogens is 322 g/mol. The number of hydrogen-bond acceptors (Lipinski definition) is 6. The van der Waals surface area contributed by atoms with Crippen LogP contribution in [0.1, 0.15) is 0 Å². The van der Waals surface area contributed by atoms with Crippen molar-refractivity contribution in [2.24, 2.45) is 0 Å². The van der Waals surface area contributed by atoms with Gasteiger partial charge in [0, 0.05) is 51.9 Å². The molecule has 4 rings (SSSR count). The standard InChI is InChI=1S/C17H19N5OS/c1-18-6-8-22-13-3-2-12(20-7-9-23)17-15(13)16(21-22)11-4-5-19-10-14(11)24-17/h2-5,10,18,20,23H,6-9H2,1H3. The Bertz CT molecular complexity index is 892. The number of fused-ring (bicyclic) bond motifs is 2. The van der Waals surface area contributed by atoms with Crippen LogP contribution in [0.25, 0.3) is 22.2 Å². The number of hydrogen-bond donors (Lipinski definition) is 3. The highest BCUT2D eigenvalue weighted by Gasteiger charge is 2.25. The molecule has 3 aromatic rings. The predicted octanol–water partition coefficient (Wildman–Crippen LogP) is 2.19. The first kappa shape index (κ1) is 15.4. The van der Waals surface area contributed by atoms with Crippen molar-refractivity contribution >= 4 is 28.4 Å². The molecule has 0 saturated carbocycles. The third-order valence-corrected chi connectivity index (χ3v) is 5.30. The van der Waals surface area contributed by atoms with Crippen molar-refractivity contribution in [3.63, 3.8) is 0 Å². The Labute approximate surface area is 144 Å². The maximum Gasteiger partial charge on any atom is 0.103 e. The summed E-state index contributed by atoms with van der Waals surface area (Å²) in [6.45, 7) is 2.32. The summed E-state index contributed by atoms with van der Waals surface area (Å²) in [5.41, 5.74) is 4.32. The molecule has 2 aromatic heterocycles. The van der Waals surface area contributed by atoms with Gasteiger partial charge in [-0.1, -0.05) is 11.8 Å². The second kappa shape index (κ2) is 6.43. The van der Waals surface area contributed by atoms with Crippen LogP contribution in [0.4, 0.5) is 5.69 Å². The molecule has 1 aliphatic heterocycles. The summed E-state index contributed by atoms with van der Waals surface area (Å²) in [6.07, 6.45) is 3.71. The molecular formula is C17H19N5OS. The van der Waals surface area contributed by atoms with Crippen LogP contribution in [-0.4, -0.2) is 46.6 Å². The van der Waals surface area contributed by atoms with Gasteiger partial charge in [-0.25, -0.2) is 0 Å². The van der Waals surface area contributed by atoms with Gasteiger partial charge in [0.05, 0.1) is 18.7 Å². The van der Waals surface area contributed by atoms with Crippen molar-refractivity contribution in [3.8, 4) is 11.3 Å². The van der Waals surface area contributed by atoms with Gasteiger partial charge in [-0.05, 0) is 25.2 Å². The average Bonchev–Trinajstić information content (AvgIpc) is 2.99. The highest BCUT2D eigenvalue weighted by molar-refractivity contribution is 8.00. The van der Waals surface area contributed by atoms with Gasteiger partial charge in [-0.3, -0.25) is 9.67 Å².